The minimum absolute atomic E-state index is 0.0103. The van der Waals surface area contributed by atoms with Gasteiger partial charge in [0.15, 0.2) is 5.13 Å². The first-order valence-corrected chi connectivity index (χ1v) is 10.9. The fourth-order valence-electron chi connectivity index (χ4n) is 2.91. The normalized spacial score (nSPS) is 11.3. The third-order valence-corrected chi connectivity index (χ3v) is 6.52. The van der Waals surface area contributed by atoms with Gasteiger partial charge in [-0.2, -0.15) is 0 Å². The van der Waals surface area contributed by atoms with Crippen LogP contribution in [0.5, 0.6) is 0 Å². The first kappa shape index (κ1) is 19.9. The number of likely N-dealkylation sites (N-methyl/N-ethyl adjacent to an activating group) is 1. The van der Waals surface area contributed by atoms with Crippen LogP contribution < -0.4 is 4.90 Å². The molecule has 0 atom stereocenters. The van der Waals surface area contributed by atoms with Crippen LogP contribution >= 0.6 is 23.1 Å². The molecule has 0 saturated heterocycles. The van der Waals surface area contributed by atoms with E-state index in [-0.39, 0.29) is 5.91 Å². The van der Waals surface area contributed by atoms with E-state index in [4.69, 9.17) is 4.98 Å². The number of fused-ring (bicyclic) bond motifs is 1. The van der Waals surface area contributed by atoms with Crippen LogP contribution in [0.15, 0.2) is 41.3 Å². The van der Waals surface area contributed by atoms with Crippen LogP contribution in [0, 0.1) is 13.8 Å². The van der Waals surface area contributed by atoms with E-state index in [1.54, 1.807) is 23.1 Å². The van der Waals surface area contributed by atoms with Crippen LogP contribution in [-0.2, 0) is 0 Å². The Hall–Kier alpha value is -1.89. The van der Waals surface area contributed by atoms with Crippen molar-refractivity contribution < 1.29 is 4.79 Å². The second-order valence-electron chi connectivity index (χ2n) is 6.83. The number of thiazole rings is 1. The van der Waals surface area contributed by atoms with Crippen molar-refractivity contribution in [2.45, 2.75) is 18.7 Å². The average molecular weight is 400 g/mol. The average Bonchev–Trinajstić information content (AvgIpc) is 3.11. The van der Waals surface area contributed by atoms with E-state index >= 15 is 0 Å². The lowest BCUT2D eigenvalue weighted by atomic mass is 10.1. The molecule has 0 aliphatic carbocycles. The predicted octanol–water partition coefficient (Wildman–Crippen LogP) is 4.84. The molecule has 3 aromatic rings. The topological polar surface area (TPSA) is 36.4 Å². The number of hydrogen-bond donors (Lipinski definition) is 0. The van der Waals surface area contributed by atoms with Crippen molar-refractivity contribution in [3.05, 3.63) is 53.1 Å². The molecule has 6 heteroatoms. The number of amides is 1. The molecular weight excluding hydrogens is 374 g/mol. The Kier molecular flexibility index (Phi) is 6.19. The fraction of sp³-hybridized carbons (Fsp3) is 0.333. The van der Waals surface area contributed by atoms with Gasteiger partial charge in [-0.1, -0.05) is 35.6 Å². The summed E-state index contributed by atoms with van der Waals surface area (Å²) in [5.41, 5.74) is 4.07. The van der Waals surface area contributed by atoms with Crippen molar-refractivity contribution in [1.82, 2.24) is 9.88 Å². The molecule has 0 radical (unpaired) electrons. The summed E-state index contributed by atoms with van der Waals surface area (Å²) in [5, 5.41) is 0.769. The van der Waals surface area contributed by atoms with Crippen LogP contribution in [0.25, 0.3) is 10.2 Å². The Morgan fingerprint density at radius 1 is 1.07 bits per heavy atom. The smallest absolute Gasteiger partial charge is 0.261 e. The second-order valence-corrected chi connectivity index (χ2v) is 8.66. The molecule has 0 bridgehead atoms. The van der Waals surface area contributed by atoms with E-state index < -0.39 is 0 Å². The summed E-state index contributed by atoms with van der Waals surface area (Å²) in [6.45, 7) is 5.55. The van der Waals surface area contributed by atoms with E-state index in [1.807, 2.05) is 49.5 Å². The molecule has 0 spiro atoms. The number of carbonyl (C=O) groups excluding carboxylic acids is 1. The van der Waals surface area contributed by atoms with E-state index in [1.165, 1.54) is 5.56 Å². The largest absolute Gasteiger partial charge is 0.308 e. The standard InChI is InChI=1S/C21H25N3OS2/c1-14-10-11-15(2)19-18(14)22-21(27-19)24(13-12-23(3)4)20(25)16-8-6-7-9-17(16)26-5/h6-11H,12-13H2,1-5H3. The molecule has 142 valence electrons. The molecule has 2 aromatic carbocycles. The van der Waals surface area contributed by atoms with Gasteiger partial charge in [-0.15, -0.1) is 11.8 Å². The minimum Gasteiger partial charge on any atom is -0.308 e. The van der Waals surface area contributed by atoms with Crippen molar-refractivity contribution in [1.29, 1.82) is 0 Å². The fourth-order valence-corrected chi connectivity index (χ4v) is 4.64. The van der Waals surface area contributed by atoms with Crippen LogP contribution in [0.4, 0.5) is 5.13 Å². The first-order valence-electron chi connectivity index (χ1n) is 8.88. The van der Waals surface area contributed by atoms with Crippen molar-refractivity contribution in [2.24, 2.45) is 0 Å². The molecule has 4 nitrogen and oxygen atoms in total. The predicted molar refractivity (Wildman–Crippen MR) is 118 cm³/mol. The number of hydrogen-bond acceptors (Lipinski definition) is 5. The maximum absolute atomic E-state index is 13.4. The third-order valence-electron chi connectivity index (χ3n) is 4.52. The molecule has 0 N–H and O–H groups in total. The Morgan fingerprint density at radius 2 is 1.78 bits per heavy atom. The van der Waals surface area contributed by atoms with Crippen molar-refractivity contribution >= 4 is 44.4 Å². The SMILES string of the molecule is CSc1ccccc1C(=O)N(CCN(C)C)c1nc2c(C)ccc(C)c2s1. The van der Waals surface area contributed by atoms with Gasteiger partial charge >= 0.3 is 0 Å². The maximum atomic E-state index is 13.4. The number of nitrogens with zero attached hydrogens (tertiary/aromatic N) is 3. The van der Waals surface area contributed by atoms with Gasteiger partial charge in [0.05, 0.1) is 15.8 Å². The van der Waals surface area contributed by atoms with Crippen molar-refractivity contribution in [3.8, 4) is 0 Å². The van der Waals surface area contributed by atoms with Gasteiger partial charge in [-0.25, -0.2) is 4.98 Å². The van der Waals surface area contributed by atoms with E-state index in [2.05, 4.69) is 30.9 Å². The zero-order valence-electron chi connectivity index (χ0n) is 16.4. The molecule has 0 saturated carbocycles. The lowest BCUT2D eigenvalue weighted by molar-refractivity contribution is 0.0982. The highest BCUT2D eigenvalue weighted by molar-refractivity contribution is 7.98. The maximum Gasteiger partial charge on any atom is 0.261 e. The van der Waals surface area contributed by atoms with Crippen molar-refractivity contribution in [2.75, 3.05) is 38.3 Å². The Labute approximate surface area is 169 Å². The quantitative estimate of drug-likeness (QED) is 0.556. The highest BCUT2D eigenvalue weighted by atomic mass is 32.2. The molecule has 1 amide bonds. The summed E-state index contributed by atoms with van der Waals surface area (Å²) in [6.07, 6.45) is 2.00. The zero-order valence-corrected chi connectivity index (χ0v) is 18.1. The lowest BCUT2D eigenvalue weighted by Gasteiger charge is -2.22. The molecule has 27 heavy (non-hydrogen) atoms. The van der Waals surface area contributed by atoms with E-state index in [0.29, 0.717) is 6.54 Å². The molecule has 1 aromatic heterocycles. The van der Waals surface area contributed by atoms with Gasteiger partial charge in [-0.05, 0) is 57.5 Å². The number of anilines is 1. The zero-order chi connectivity index (χ0) is 19.6. The number of aryl methyl sites for hydroxylation is 2. The number of benzene rings is 2. The number of rotatable bonds is 6. The highest BCUT2D eigenvalue weighted by Crippen LogP contribution is 2.34. The third kappa shape index (κ3) is 4.18. The van der Waals surface area contributed by atoms with Crippen LogP contribution in [0.2, 0.25) is 0 Å². The minimum atomic E-state index is 0.0103. The Balaban J connectivity index is 2.07. The lowest BCUT2D eigenvalue weighted by Crippen LogP contribution is -2.37. The van der Waals surface area contributed by atoms with Gasteiger partial charge in [0, 0.05) is 18.0 Å². The summed E-state index contributed by atoms with van der Waals surface area (Å²) < 4.78 is 1.16. The molecular formula is C21H25N3OS2. The van der Waals surface area contributed by atoms with Crippen LogP contribution in [0.1, 0.15) is 21.5 Å². The van der Waals surface area contributed by atoms with Crippen molar-refractivity contribution in [3.63, 3.8) is 0 Å². The van der Waals surface area contributed by atoms with E-state index in [9.17, 15) is 4.79 Å². The molecule has 0 aliphatic heterocycles. The summed E-state index contributed by atoms with van der Waals surface area (Å²) >= 11 is 3.20. The number of carbonyl (C=O) groups is 1. The van der Waals surface area contributed by atoms with Gasteiger partial charge in [-0.3, -0.25) is 9.69 Å². The highest BCUT2D eigenvalue weighted by Gasteiger charge is 2.24. The summed E-state index contributed by atoms with van der Waals surface area (Å²) in [4.78, 5) is 23.2. The van der Waals surface area contributed by atoms with E-state index in [0.717, 1.165) is 37.9 Å². The molecule has 0 aliphatic rings. The monoisotopic (exact) mass is 399 g/mol. The summed E-state index contributed by atoms with van der Waals surface area (Å²) in [7, 11) is 4.04. The van der Waals surface area contributed by atoms with Crippen LogP contribution in [-0.4, -0.2) is 49.2 Å². The molecule has 0 fully saturated rings. The van der Waals surface area contributed by atoms with Gasteiger partial charge < -0.3 is 4.90 Å². The molecule has 0 unspecified atom stereocenters. The second kappa shape index (κ2) is 8.42. The number of thioether (sulfide) groups is 1. The molecule has 1 heterocycles. The first-order chi connectivity index (χ1) is 12.9. The Morgan fingerprint density at radius 3 is 2.44 bits per heavy atom. The Bertz CT molecular complexity index is 926. The van der Waals surface area contributed by atoms with Gasteiger partial charge in [0.2, 0.25) is 0 Å². The number of aromatic nitrogens is 1. The molecule has 3 rings (SSSR count). The summed E-state index contributed by atoms with van der Waals surface area (Å²) in [6, 6.07) is 12.0. The van der Waals surface area contributed by atoms with Crippen LogP contribution in [0.3, 0.4) is 0 Å². The van der Waals surface area contributed by atoms with Gasteiger partial charge in [0.1, 0.15) is 0 Å². The summed E-state index contributed by atoms with van der Waals surface area (Å²) in [5.74, 6) is 0.0103. The van der Waals surface area contributed by atoms with Gasteiger partial charge in [0.25, 0.3) is 5.91 Å².